The van der Waals surface area contributed by atoms with Gasteiger partial charge in [0.1, 0.15) is 11.5 Å². The van der Waals surface area contributed by atoms with E-state index in [-0.39, 0.29) is 0 Å². The molecule has 174 valence electrons. The van der Waals surface area contributed by atoms with Gasteiger partial charge in [0.2, 0.25) is 0 Å². The Kier molecular flexibility index (Phi) is 7.38. The zero-order valence-corrected chi connectivity index (χ0v) is 21.4. The van der Waals surface area contributed by atoms with E-state index < -0.39 is 10.3 Å². The molecule has 0 bridgehead atoms. The third kappa shape index (κ3) is 5.38. The van der Waals surface area contributed by atoms with Gasteiger partial charge in [-0.05, 0) is 89.2 Å². The Morgan fingerprint density at radius 3 is 1.71 bits per heavy atom. The van der Waals surface area contributed by atoms with Crippen LogP contribution < -0.4 is 4.18 Å². The quantitative estimate of drug-likeness (QED) is 0.173. The number of hydrogen-bond donors (Lipinski definition) is 0. The lowest BCUT2D eigenvalue weighted by Gasteiger charge is -2.40. The molecule has 5 rings (SSSR count). The van der Waals surface area contributed by atoms with Crippen LogP contribution in [0.1, 0.15) is 6.42 Å². The van der Waals surface area contributed by atoms with Crippen molar-refractivity contribution in [2.75, 3.05) is 0 Å². The molecule has 0 atom stereocenters. The summed E-state index contributed by atoms with van der Waals surface area (Å²) >= 11 is 6.56. The van der Waals surface area contributed by atoms with Crippen LogP contribution in [0.2, 0.25) is 0 Å². The van der Waals surface area contributed by atoms with Gasteiger partial charge in [0.15, 0.2) is 0 Å². The topological polar surface area (TPSA) is 18.5 Å². The maximum absolute atomic E-state index is 6.98. The molecule has 0 saturated carbocycles. The number of benzene rings is 4. The number of hydrogen-bond acceptors (Lipinski definition) is 4. The van der Waals surface area contributed by atoms with Crippen LogP contribution in [-0.2, 0) is 4.18 Å². The summed E-state index contributed by atoms with van der Waals surface area (Å²) in [5.74, 6) is 1.67. The molecule has 0 aliphatic heterocycles. The molecular formula is C30H24O2S3. The lowest BCUT2D eigenvalue weighted by molar-refractivity contribution is 0.518. The molecule has 0 spiro atoms. The molecule has 1 aliphatic rings. The first-order valence-electron chi connectivity index (χ1n) is 11.3. The summed E-state index contributed by atoms with van der Waals surface area (Å²) in [6.07, 6.45) is 6.60. The molecule has 0 N–H and O–H groups in total. The summed E-state index contributed by atoms with van der Waals surface area (Å²) in [6, 6.07) is 39.6. The highest BCUT2D eigenvalue weighted by Gasteiger charge is 2.33. The van der Waals surface area contributed by atoms with Crippen LogP contribution in [0.5, 0.6) is 5.75 Å². The van der Waals surface area contributed by atoms with Crippen molar-refractivity contribution < 1.29 is 8.37 Å². The van der Waals surface area contributed by atoms with E-state index >= 15 is 0 Å². The fourth-order valence-corrected chi connectivity index (χ4v) is 7.57. The van der Waals surface area contributed by atoms with Crippen molar-refractivity contribution in [1.29, 1.82) is 0 Å². The summed E-state index contributed by atoms with van der Waals surface area (Å²) in [5, 5.41) is 0. The molecule has 35 heavy (non-hydrogen) atoms. The van der Waals surface area contributed by atoms with Crippen LogP contribution in [-0.4, -0.2) is 4.86 Å². The second-order valence-corrected chi connectivity index (χ2v) is 11.8. The first-order chi connectivity index (χ1) is 17.2. The van der Waals surface area contributed by atoms with Crippen LogP contribution >= 0.6 is 34.6 Å². The number of para-hydroxylation sites is 1. The number of allylic oxidation sites excluding steroid dienone is 3. The summed E-state index contributed by atoms with van der Waals surface area (Å²) < 4.78 is 12.9. The maximum Gasteiger partial charge on any atom is 0.136 e. The van der Waals surface area contributed by atoms with Gasteiger partial charge in [0.05, 0.1) is 12.0 Å². The fraction of sp³-hybridized carbons (Fsp3) is 0.0333. The Morgan fingerprint density at radius 2 is 1.17 bits per heavy atom. The molecule has 0 unspecified atom stereocenters. The first-order valence-corrected chi connectivity index (χ1v) is 14.0. The molecule has 4 aromatic rings. The Hall–Kier alpha value is -3.25. The SMILES string of the molecule is S=C1C=CC(OSc2ccc(S(Oc3ccccc3)(c3ccccc3)c3ccccc3)cc2)=CC1. The van der Waals surface area contributed by atoms with Crippen LogP contribution in [0, 0.1) is 0 Å². The molecule has 0 heterocycles. The molecule has 5 heteroatoms. The average molecular weight is 513 g/mol. The van der Waals surface area contributed by atoms with Gasteiger partial charge in [-0.25, -0.2) is 0 Å². The lowest BCUT2D eigenvalue weighted by Crippen LogP contribution is -2.11. The second-order valence-electron chi connectivity index (χ2n) is 7.83. The largest absolute Gasteiger partial charge is 0.436 e. The Balaban J connectivity index is 1.53. The van der Waals surface area contributed by atoms with E-state index in [9.17, 15) is 0 Å². The van der Waals surface area contributed by atoms with Crippen molar-refractivity contribution in [3.63, 3.8) is 0 Å². The van der Waals surface area contributed by atoms with Crippen LogP contribution in [0.25, 0.3) is 0 Å². The van der Waals surface area contributed by atoms with E-state index in [0.29, 0.717) is 0 Å². The molecule has 0 saturated heterocycles. The minimum Gasteiger partial charge on any atom is -0.436 e. The van der Waals surface area contributed by atoms with Gasteiger partial charge in [-0.1, -0.05) is 66.8 Å². The van der Waals surface area contributed by atoms with Crippen molar-refractivity contribution >= 4 is 39.4 Å². The highest BCUT2D eigenvalue weighted by atomic mass is 32.3. The maximum atomic E-state index is 6.98. The highest BCUT2D eigenvalue weighted by molar-refractivity contribution is 8.30. The van der Waals surface area contributed by atoms with Gasteiger partial charge in [0.25, 0.3) is 0 Å². The van der Waals surface area contributed by atoms with E-state index in [1.165, 1.54) is 12.0 Å². The Morgan fingerprint density at radius 1 is 0.629 bits per heavy atom. The van der Waals surface area contributed by atoms with Crippen molar-refractivity contribution in [1.82, 2.24) is 0 Å². The number of thiocarbonyl (C=S) groups is 1. The van der Waals surface area contributed by atoms with Crippen molar-refractivity contribution in [3.05, 3.63) is 139 Å². The summed E-state index contributed by atoms with van der Waals surface area (Å²) in [7, 11) is -2.03. The van der Waals surface area contributed by atoms with Gasteiger partial charge in [-0.2, -0.15) is 0 Å². The minimum atomic E-state index is -2.03. The molecule has 2 nitrogen and oxygen atoms in total. The minimum absolute atomic E-state index is 0.748. The van der Waals surface area contributed by atoms with E-state index in [1.807, 2.05) is 60.7 Å². The summed E-state index contributed by atoms with van der Waals surface area (Å²) in [6.45, 7) is 0. The van der Waals surface area contributed by atoms with Crippen molar-refractivity contribution in [2.45, 2.75) is 26.0 Å². The zero-order valence-electron chi connectivity index (χ0n) is 19.0. The number of rotatable bonds is 8. The van der Waals surface area contributed by atoms with Crippen molar-refractivity contribution in [2.24, 2.45) is 0 Å². The molecule has 0 fully saturated rings. The van der Waals surface area contributed by atoms with Gasteiger partial charge < -0.3 is 8.37 Å². The van der Waals surface area contributed by atoms with Gasteiger partial charge in [-0.3, -0.25) is 0 Å². The van der Waals surface area contributed by atoms with Gasteiger partial charge >= 0.3 is 0 Å². The van der Waals surface area contributed by atoms with Crippen LogP contribution in [0.4, 0.5) is 0 Å². The normalized spacial score (nSPS) is 13.7. The van der Waals surface area contributed by atoms with E-state index in [1.54, 1.807) is 0 Å². The zero-order chi connectivity index (χ0) is 23.9. The first kappa shape index (κ1) is 23.5. The van der Waals surface area contributed by atoms with Gasteiger partial charge in [0, 0.05) is 30.9 Å². The highest BCUT2D eigenvalue weighted by Crippen LogP contribution is 2.68. The smallest absolute Gasteiger partial charge is 0.136 e. The molecule has 0 aromatic heterocycles. The molecule has 1 aliphatic carbocycles. The molecular weight excluding hydrogens is 489 g/mol. The van der Waals surface area contributed by atoms with Gasteiger partial charge in [-0.15, -0.1) is 0 Å². The average Bonchev–Trinajstić information content (AvgIpc) is 2.93. The Bertz CT molecular complexity index is 1290. The molecule has 0 amide bonds. The van der Waals surface area contributed by atoms with E-state index in [2.05, 4.69) is 72.8 Å². The summed E-state index contributed by atoms with van der Waals surface area (Å²) in [4.78, 5) is 5.34. The predicted octanol–water partition coefficient (Wildman–Crippen LogP) is 9.20. The third-order valence-electron chi connectivity index (χ3n) is 5.44. The molecule has 4 aromatic carbocycles. The summed E-state index contributed by atoms with van der Waals surface area (Å²) in [5.41, 5.74) is 0. The van der Waals surface area contributed by atoms with Crippen LogP contribution in [0.15, 0.2) is 159 Å². The third-order valence-corrected chi connectivity index (χ3v) is 9.74. The monoisotopic (exact) mass is 512 g/mol. The second kappa shape index (κ2) is 11.0. The van der Waals surface area contributed by atoms with Crippen molar-refractivity contribution in [3.8, 4) is 5.75 Å². The molecule has 0 radical (unpaired) electrons. The van der Waals surface area contributed by atoms with E-state index in [0.717, 1.165) is 42.4 Å². The lowest BCUT2D eigenvalue weighted by atomic mass is 10.2. The fourth-order valence-electron chi connectivity index (χ4n) is 3.75. The standard InChI is InChI=1S/C30H24O2S3/c33-26-18-16-24(17-19-26)31-34-27-20-22-30(23-21-27)35(28-12-6-2-7-13-28,29-14-8-3-9-15-29)32-25-10-4-1-5-11-25/h1-18,20-23H,19H2. The Labute approximate surface area is 218 Å². The predicted molar refractivity (Wildman–Crippen MR) is 150 cm³/mol. The van der Waals surface area contributed by atoms with E-state index in [4.69, 9.17) is 20.6 Å². The van der Waals surface area contributed by atoms with Crippen LogP contribution in [0.3, 0.4) is 0 Å².